The highest BCUT2D eigenvalue weighted by atomic mass is 35.5. The number of hydrogen-bond donors (Lipinski definition) is 1. The Labute approximate surface area is 159 Å². The monoisotopic (exact) mass is 384 g/mol. The summed E-state index contributed by atoms with van der Waals surface area (Å²) in [5.41, 5.74) is 6.22. The minimum absolute atomic E-state index is 0.198. The topological polar surface area (TPSA) is 97.8 Å². The summed E-state index contributed by atoms with van der Waals surface area (Å²) in [5.74, 6) is -0.738. The Balaban J connectivity index is 1.77. The van der Waals surface area contributed by atoms with Crippen LogP contribution in [0.1, 0.15) is 23.2 Å². The Morgan fingerprint density at radius 1 is 1.19 bits per heavy atom. The lowest BCUT2D eigenvalue weighted by molar-refractivity contribution is -0.123. The molecule has 1 fully saturated rings. The van der Waals surface area contributed by atoms with Gasteiger partial charge in [0.2, 0.25) is 5.91 Å². The number of likely N-dealkylation sites (tertiary alicyclic amines) is 1. The van der Waals surface area contributed by atoms with E-state index < -0.39 is 0 Å². The van der Waals surface area contributed by atoms with E-state index in [1.165, 1.54) is 4.40 Å². The van der Waals surface area contributed by atoms with Gasteiger partial charge in [0.25, 0.3) is 11.5 Å². The van der Waals surface area contributed by atoms with Crippen LogP contribution in [0.4, 0.5) is 0 Å². The van der Waals surface area contributed by atoms with Gasteiger partial charge in [-0.2, -0.15) is 0 Å². The van der Waals surface area contributed by atoms with Crippen molar-refractivity contribution in [2.24, 2.45) is 11.7 Å². The van der Waals surface area contributed by atoms with Crippen LogP contribution in [0.3, 0.4) is 0 Å². The smallest absolute Gasteiger partial charge is 0.265 e. The van der Waals surface area contributed by atoms with Crippen molar-refractivity contribution in [3.8, 4) is 0 Å². The molecule has 2 N–H and O–H groups in total. The third-order valence-electron chi connectivity index (χ3n) is 5.02. The molecule has 1 saturated heterocycles. The van der Waals surface area contributed by atoms with Crippen molar-refractivity contribution in [2.45, 2.75) is 12.8 Å². The van der Waals surface area contributed by atoms with Gasteiger partial charge in [-0.05, 0) is 43.2 Å². The molecule has 0 radical (unpaired) electrons. The molecule has 1 aliphatic heterocycles. The predicted octanol–water partition coefficient (Wildman–Crippen LogP) is 1.84. The second-order valence-corrected chi connectivity index (χ2v) is 7.10. The third kappa shape index (κ3) is 3.04. The van der Waals surface area contributed by atoms with Gasteiger partial charge in [-0.3, -0.25) is 18.8 Å². The van der Waals surface area contributed by atoms with Crippen LogP contribution in [-0.2, 0) is 4.79 Å². The summed E-state index contributed by atoms with van der Waals surface area (Å²) in [6.07, 6.45) is 2.67. The van der Waals surface area contributed by atoms with Gasteiger partial charge in [-0.1, -0.05) is 11.6 Å². The molecule has 0 saturated carbocycles. The molecule has 3 aromatic rings. The van der Waals surface area contributed by atoms with Crippen LogP contribution in [0.5, 0.6) is 0 Å². The summed E-state index contributed by atoms with van der Waals surface area (Å²) in [7, 11) is 0. The molecule has 7 nitrogen and oxygen atoms in total. The van der Waals surface area contributed by atoms with Crippen molar-refractivity contribution in [3.63, 3.8) is 0 Å². The van der Waals surface area contributed by atoms with Crippen molar-refractivity contribution < 1.29 is 9.59 Å². The fourth-order valence-corrected chi connectivity index (χ4v) is 3.68. The molecule has 1 aliphatic rings. The first-order chi connectivity index (χ1) is 13.0. The van der Waals surface area contributed by atoms with Crippen LogP contribution in [0.25, 0.3) is 16.6 Å². The fraction of sp³-hybridized carbons (Fsp3) is 0.263. The number of benzene rings is 1. The van der Waals surface area contributed by atoms with Crippen LogP contribution < -0.4 is 11.3 Å². The summed E-state index contributed by atoms with van der Waals surface area (Å²) in [4.78, 5) is 43.3. The summed E-state index contributed by atoms with van der Waals surface area (Å²) in [6.45, 7) is 0.891. The Morgan fingerprint density at radius 2 is 1.93 bits per heavy atom. The Kier molecular flexibility index (Phi) is 4.31. The van der Waals surface area contributed by atoms with Gasteiger partial charge >= 0.3 is 0 Å². The number of amides is 2. The van der Waals surface area contributed by atoms with Crippen LogP contribution in [0, 0.1) is 5.92 Å². The van der Waals surface area contributed by atoms with E-state index in [4.69, 9.17) is 17.3 Å². The van der Waals surface area contributed by atoms with Gasteiger partial charge in [0, 0.05) is 30.2 Å². The van der Waals surface area contributed by atoms with E-state index >= 15 is 0 Å². The molecule has 0 unspecified atom stereocenters. The number of pyridine rings is 1. The molecule has 138 valence electrons. The number of carbonyl (C=O) groups excluding carboxylic acids is 2. The van der Waals surface area contributed by atoms with E-state index in [9.17, 15) is 14.4 Å². The number of piperidine rings is 1. The lowest BCUT2D eigenvalue weighted by Crippen LogP contribution is -2.42. The average molecular weight is 385 g/mol. The van der Waals surface area contributed by atoms with Crippen molar-refractivity contribution in [1.82, 2.24) is 14.3 Å². The van der Waals surface area contributed by atoms with Crippen molar-refractivity contribution >= 4 is 40.0 Å². The SMILES string of the molecule is NC(=O)C1CCN(C(=O)c2cccn3c(=O)c4cc(Cl)ccc4nc23)CC1. The number of nitrogens with zero attached hydrogens (tertiary/aromatic N) is 3. The zero-order valence-corrected chi connectivity index (χ0v) is 15.1. The van der Waals surface area contributed by atoms with Gasteiger partial charge in [0.15, 0.2) is 5.65 Å². The Morgan fingerprint density at radius 3 is 2.63 bits per heavy atom. The summed E-state index contributed by atoms with van der Waals surface area (Å²) >= 11 is 5.99. The molecule has 0 bridgehead atoms. The molecule has 8 heteroatoms. The van der Waals surface area contributed by atoms with E-state index in [0.29, 0.717) is 53.1 Å². The molecule has 0 spiro atoms. The first-order valence-corrected chi connectivity index (χ1v) is 9.03. The zero-order valence-electron chi connectivity index (χ0n) is 14.4. The molecule has 3 heterocycles. The molecule has 2 aromatic heterocycles. The number of primary amides is 1. The fourth-order valence-electron chi connectivity index (χ4n) is 3.50. The number of nitrogens with two attached hydrogens (primary N) is 1. The molecule has 0 aliphatic carbocycles. The van der Waals surface area contributed by atoms with Crippen LogP contribution in [0.15, 0.2) is 41.3 Å². The van der Waals surface area contributed by atoms with Crippen molar-refractivity contribution in [2.75, 3.05) is 13.1 Å². The largest absolute Gasteiger partial charge is 0.369 e. The maximum atomic E-state index is 13.0. The van der Waals surface area contributed by atoms with Crippen LogP contribution in [0.2, 0.25) is 5.02 Å². The Hall–Kier alpha value is -2.93. The minimum Gasteiger partial charge on any atom is -0.369 e. The first kappa shape index (κ1) is 17.5. The standard InChI is InChI=1S/C19H17ClN4O3/c20-12-3-4-15-14(10-12)19(27)24-7-1-2-13(17(24)22-15)18(26)23-8-5-11(6-9-23)16(21)25/h1-4,7,10-11H,5-6,8-9H2,(H2,21,25). The van der Waals surface area contributed by atoms with Gasteiger partial charge in [0.1, 0.15) is 0 Å². The summed E-state index contributed by atoms with van der Waals surface area (Å²) < 4.78 is 1.36. The van der Waals surface area contributed by atoms with Gasteiger partial charge in [-0.25, -0.2) is 4.98 Å². The molecule has 27 heavy (non-hydrogen) atoms. The molecular weight excluding hydrogens is 368 g/mol. The van der Waals surface area contributed by atoms with E-state index in [-0.39, 0.29) is 23.3 Å². The van der Waals surface area contributed by atoms with Crippen LogP contribution in [-0.4, -0.2) is 39.2 Å². The lowest BCUT2D eigenvalue weighted by Gasteiger charge is -2.30. The molecule has 1 aromatic carbocycles. The summed E-state index contributed by atoms with van der Waals surface area (Å²) in [6, 6.07) is 8.20. The van der Waals surface area contributed by atoms with E-state index in [0.717, 1.165) is 0 Å². The highest BCUT2D eigenvalue weighted by molar-refractivity contribution is 6.31. The van der Waals surface area contributed by atoms with E-state index in [1.54, 1.807) is 41.4 Å². The number of carbonyl (C=O) groups is 2. The second-order valence-electron chi connectivity index (χ2n) is 6.66. The zero-order chi connectivity index (χ0) is 19.1. The maximum absolute atomic E-state index is 13.0. The van der Waals surface area contributed by atoms with Gasteiger partial charge < -0.3 is 10.6 Å². The minimum atomic E-state index is -0.328. The molecule has 0 atom stereocenters. The summed E-state index contributed by atoms with van der Waals surface area (Å²) in [5, 5.41) is 0.845. The second kappa shape index (κ2) is 6.66. The van der Waals surface area contributed by atoms with Crippen molar-refractivity contribution in [3.05, 3.63) is 57.5 Å². The van der Waals surface area contributed by atoms with Gasteiger partial charge in [0.05, 0.1) is 16.5 Å². The Bertz CT molecular complexity index is 1130. The normalized spacial score (nSPS) is 15.4. The van der Waals surface area contributed by atoms with Crippen molar-refractivity contribution in [1.29, 1.82) is 0 Å². The molecule has 4 rings (SSSR count). The highest BCUT2D eigenvalue weighted by Crippen LogP contribution is 2.21. The number of halogens is 1. The highest BCUT2D eigenvalue weighted by Gasteiger charge is 2.27. The maximum Gasteiger partial charge on any atom is 0.265 e. The third-order valence-corrected chi connectivity index (χ3v) is 5.25. The quantitative estimate of drug-likeness (QED) is 0.681. The molecule has 2 amide bonds. The first-order valence-electron chi connectivity index (χ1n) is 8.65. The number of hydrogen-bond acceptors (Lipinski definition) is 4. The number of aromatic nitrogens is 2. The van der Waals surface area contributed by atoms with Crippen LogP contribution >= 0.6 is 11.6 Å². The lowest BCUT2D eigenvalue weighted by atomic mass is 9.96. The number of rotatable bonds is 2. The average Bonchev–Trinajstić information content (AvgIpc) is 2.68. The van der Waals surface area contributed by atoms with E-state index in [1.807, 2.05) is 0 Å². The number of fused-ring (bicyclic) bond motifs is 2. The van der Waals surface area contributed by atoms with Gasteiger partial charge in [-0.15, -0.1) is 0 Å². The van der Waals surface area contributed by atoms with E-state index in [2.05, 4.69) is 4.98 Å². The predicted molar refractivity (Wildman–Crippen MR) is 102 cm³/mol. The molecular formula is C19H17ClN4O3.